The Hall–Kier alpha value is -2.60. The molecule has 1 aliphatic carbocycles. The van der Waals surface area contributed by atoms with Crippen LogP contribution in [0.2, 0.25) is 0 Å². The van der Waals surface area contributed by atoms with Gasteiger partial charge in [-0.3, -0.25) is 0 Å². The fourth-order valence-electron chi connectivity index (χ4n) is 4.04. The van der Waals surface area contributed by atoms with Gasteiger partial charge in [-0.2, -0.15) is 5.26 Å². The molecule has 1 aliphatic rings. The van der Waals surface area contributed by atoms with E-state index in [9.17, 15) is 9.65 Å². The third-order valence-corrected chi connectivity index (χ3v) is 6.14. The molecule has 1 fully saturated rings. The van der Waals surface area contributed by atoms with Crippen molar-refractivity contribution in [2.24, 2.45) is 5.92 Å². The highest BCUT2D eigenvalue weighted by Gasteiger charge is 2.16. The number of allylic oxidation sites excluding steroid dienone is 1. The maximum Gasteiger partial charge on any atom is 0.154 e. The van der Waals surface area contributed by atoms with Gasteiger partial charge in [-0.1, -0.05) is 76.6 Å². The maximum absolute atomic E-state index is 14.8. The Labute approximate surface area is 188 Å². The predicted octanol–water partition coefficient (Wildman–Crippen LogP) is 8.17. The summed E-state index contributed by atoms with van der Waals surface area (Å²) in [4.78, 5) is 0. The standard InChI is InChI=1S/C20H21FN2.C8H16/c1-5-7-16(17-8-6-9-19(23-4)20(17)21)18-11-15(12-22)13(2)10-14(18)3;1-2-3-5-8-6-4-7-8/h6-11,23H,5H2,1-4H3;8H,2-7H2,1H3/b16-7-;. The zero-order valence-corrected chi connectivity index (χ0v) is 19.8. The van der Waals surface area contributed by atoms with Gasteiger partial charge in [-0.05, 0) is 60.6 Å². The van der Waals surface area contributed by atoms with Crippen molar-refractivity contribution in [1.82, 2.24) is 0 Å². The molecular weight excluding hydrogens is 383 g/mol. The molecular formula is C28H37FN2. The second-order valence-corrected chi connectivity index (χ2v) is 8.48. The molecule has 2 aromatic carbocycles. The lowest BCUT2D eigenvalue weighted by atomic mass is 9.82. The molecule has 2 aromatic rings. The van der Waals surface area contributed by atoms with Crippen LogP contribution in [0.1, 0.15) is 86.6 Å². The van der Waals surface area contributed by atoms with Gasteiger partial charge in [-0.25, -0.2) is 4.39 Å². The van der Waals surface area contributed by atoms with E-state index in [0.717, 1.165) is 34.6 Å². The minimum atomic E-state index is -0.270. The lowest BCUT2D eigenvalue weighted by Gasteiger charge is -2.24. The van der Waals surface area contributed by atoms with Crippen LogP contribution in [0.3, 0.4) is 0 Å². The third kappa shape index (κ3) is 6.44. The summed E-state index contributed by atoms with van der Waals surface area (Å²) in [6.07, 6.45) is 11.7. The fourth-order valence-corrected chi connectivity index (χ4v) is 4.04. The number of nitrogens with zero attached hydrogens (tertiary/aromatic N) is 1. The molecule has 1 N–H and O–H groups in total. The Morgan fingerprint density at radius 2 is 1.90 bits per heavy atom. The Kier molecular flexibility index (Phi) is 9.79. The zero-order chi connectivity index (χ0) is 22.8. The Balaban J connectivity index is 0.000000357. The van der Waals surface area contributed by atoms with Crippen molar-refractivity contribution in [3.05, 3.63) is 70.0 Å². The van der Waals surface area contributed by atoms with Gasteiger partial charge in [-0.15, -0.1) is 0 Å². The number of nitriles is 1. The molecule has 0 radical (unpaired) electrons. The van der Waals surface area contributed by atoms with Crippen molar-refractivity contribution in [3.8, 4) is 6.07 Å². The molecule has 0 aliphatic heterocycles. The van der Waals surface area contributed by atoms with E-state index in [0.29, 0.717) is 16.8 Å². The van der Waals surface area contributed by atoms with Crippen LogP contribution in [-0.2, 0) is 0 Å². The average molecular weight is 421 g/mol. The first-order chi connectivity index (χ1) is 15.0. The van der Waals surface area contributed by atoms with Crippen molar-refractivity contribution < 1.29 is 4.39 Å². The van der Waals surface area contributed by atoms with Crippen LogP contribution in [0.25, 0.3) is 5.57 Å². The third-order valence-electron chi connectivity index (χ3n) is 6.14. The second kappa shape index (κ2) is 12.3. The van der Waals surface area contributed by atoms with Crippen molar-refractivity contribution in [2.45, 2.75) is 72.6 Å². The average Bonchev–Trinajstić information content (AvgIpc) is 2.72. The van der Waals surface area contributed by atoms with E-state index in [-0.39, 0.29) is 5.82 Å². The SMILES string of the molecule is CC/C=C(\c1cc(C#N)c(C)cc1C)c1cccc(NC)c1F.CCCCC1CCC1. The topological polar surface area (TPSA) is 35.8 Å². The van der Waals surface area contributed by atoms with Crippen molar-refractivity contribution >= 4 is 11.3 Å². The minimum Gasteiger partial charge on any atom is -0.386 e. The van der Waals surface area contributed by atoms with Gasteiger partial charge in [0, 0.05) is 12.6 Å². The first kappa shape index (κ1) is 24.7. The summed E-state index contributed by atoms with van der Waals surface area (Å²) in [6.45, 7) is 8.21. The Morgan fingerprint density at radius 1 is 1.16 bits per heavy atom. The molecule has 31 heavy (non-hydrogen) atoms. The van der Waals surface area contributed by atoms with E-state index < -0.39 is 0 Å². The van der Waals surface area contributed by atoms with Crippen molar-refractivity contribution in [2.75, 3.05) is 12.4 Å². The molecule has 0 amide bonds. The largest absolute Gasteiger partial charge is 0.386 e. The molecule has 0 bridgehead atoms. The van der Waals surface area contributed by atoms with E-state index in [1.165, 1.54) is 38.5 Å². The monoisotopic (exact) mass is 420 g/mol. The number of unbranched alkanes of at least 4 members (excludes halogenated alkanes) is 1. The molecule has 3 rings (SSSR count). The van der Waals surface area contributed by atoms with E-state index in [1.807, 2.05) is 45.0 Å². The minimum absolute atomic E-state index is 0.270. The van der Waals surface area contributed by atoms with Gasteiger partial charge in [0.15, 0.2) is 5.82 Å². The quantitative estimate of drug-likeness (QED) is 0.490. The van der Waals surface area contributed by atoms with Gasteiger partial charge in [0.25, 0.3) is 0 Å². The molecule has 166 valence electrons. The summed E-state index contributed by atoms with van der Waals surface area (Å²) in [5.74, 6) is 0.864. The number of hydrogen-bond acceptors (Lipinski definition) is 2. The molecule has 2 nitrogen and oxygen atoms in total. The fraction of sp³-hybridized carbons (Fsp3) is 0.464. The summed E-state index contributed by atoms with van der Waals surface area (Å²) in [6, 6.07) is 11.4. The van der Waals surface area contributed by atoms with E-state index >= 15 is 0 Å². The van der Waals surface area contributed by atoms with Gasteiger partial charge in [0.05, 0.1) is 17.3 Å². The summed E-state index contributed by atoms with van der Waals surface area (Å²) in [5, 5.41) is 12.2. The number of aryl methyl sites for hydroxylation is 2. The predicted molar refractivity (Wildman–Crippen MR) is 131 cm³/mol. The highest BCUT2D eigenvalue weighted by atomic mass is 19.1. The summed E-state index contributed by atoms with van der Waals surface area (Å²) < 4.78 is 14.8. The molecule has 0 saturated heterocycles. The van der Waals surface area contributed by atoms with Gasteiger partial charge >= 0.3 is 0 Å². The molecule has 0 spiro atoms. The number of anilines is 1. The lowest BCUT2D eigenvalue weighted by molar-refractivity contribution is 0.289. The number of nitrogens with one attached hydrogen (secondary N) is 1. The number of halogens is 1. The summed E-state index contributed by atoms with van der Waals surface area (Å²) in [5.41, 5.74) is 5.35. The highest BCUT2D eigenvalue weighted by Crippen LogP contribution is 2.33. The molecule has 0 aromatic heterocycles. The molecule has 1 saturated carbocycles. The van der Waals surface area contributed by atoms with Gasteiger partial charge in [0.2, 0.25) is 0 Å². The normalized spacial score (nSPS) is 13.6. The van der Waals surface area contributed by atoms with Gasteiger partial charge < -0.3 is 5.32 Å². The van der Waals surface area contributed by atoms with Crippen LogP contribution in [0, 0.1) is 36.9 Å². The molecule has 0 heterocycles. The Bertz CT molecular complexity index is 933. The van der Waals surface area contributed by atoms with Crippen molar-refractivity contribution in [3.63, 3.8) is 0 Å². The Morgan fingerprint density at radius 3 is 2.45 bits per heavy atom. The number of hydrogen-bond donors (Lipinski definition) is 1. The second-order valence-electron chi connectivity index (χ2n) is 8.48. The van der Waals surface area contributed by atoms with E-state index in [1.54, 1.807) is 19.2 Å². The highest BCUT2D eigenvalue weighted by molar-refractivity contribution is 5.83. The van der Waals surface area contributed by atoms with Crippen LogP contribution in [0.5, 0.6) is 0 Å². The number of benzene rings is 2. The first-order valence-electron chi connectivity index (χ1n) is 11.6. The molecule has 0 atom stereocenters. The molecule has 0 unspecified atom stereocenters. The van der Waals surface area contributed by atoms with Crippen LogP contribution in [0.15, 0.2) is 36.4 Å². The number of rotatable bonds is 7. The zero-order valence-electron chi connectivity index (χ0n) is 19.8. The van der Waals surface area contributed by atoms with E-state index in [2.05, 4.69) is 18.3 Å². The van der Waals surface area contributed by atoms with Crippen molar-refractivity contribution in [1.29, 1.82) is 5.26 Å². The van der Waals surface area contributed by atoms with Crippen LogP contribution >= 0.6 is 0 Å². The van der Waals surface area contributed by atoms with Crippen LogP contribution in [-0.4, -0.2) is 7.05 Å². The first-order valence-corrected chi connectivity index (χ1v) is 11.6. The van der Waals surface area contributed by atoms with Crippen LogP contribution in [0.4, 0.5) is 10.1 Å². The summed E-state index contributed by atoms with van der Waals surface area (Å²) >= 11 is 0. The smallest absolute Gasteiger partial charge is 0.154 e. The maximum atomic E-state index is 14.8. The summed E-state index contributed by atoms with van der Waals surface area (Å²) in [7, 11) is 1.70. The van der Waals surface area contributed by atoms with E-state index in [4.69, 9.17) is 0 Å². The lowest BCUT2D eigenvalue weighted by Crippen LogP contribution is -2.09. The van der Waals surface area contributed by atoms with Gasteiger partial charge in [0.1, 0.15) is 0 Å². The molecule has 3 heteroatoms. The van der Waals surface area contributed by atoms with Crippen LogP contribution < -0.4 is 5.32 Å².